The molecule has 2 N–H and O–H groups in total. The first-order chi connectivity index (χ1) is 28.3. The maximum atomic E-state index is 13.6. The third-order valence-electron chi connectivity index (χ3n) is 11.3. The van der Waals surface area contributed by atoms with E-state index in [-0.39, 0.29) is 23.6 Å². The van der Waals surface area contributed by atoms with Gasteiger partial charge in [-0.1, -0.05) is 41.9 Å². The molecule has 5 atom stereocenters. The van der Waals surface area contributed by atoms with Crippen molar-refractivity contribution in [2.75, 3.05) is 6.54 Å². The predicted octanol–water partition coefficient (Wildman–Crippen LogP) is 5.73. The summed E-state index contributed by atoms with van der Waals surface area (Å²) in [5.74, 6) is -3.02. The van der Waals surface area contributed by atoms with Gasteiger partial charge in [0.15, 0.2) is 18.3 Å². The van der Waals surface area contributed by atoms with Crippen molar-refractivity contribution < 1.29 is 52.4 Å². The van der Waals surface area contributed by atoms with E-state index in [1.165, 1.54) is 5.56 Å². The minimum absolute atomic E-state index is 0.0805. The Labute approximate surface area is 347 Å². The Bertz CT molecular complexity index is 2080. The van der Waals surface area contributed by atoms with Gasteiger partial charge in [0.05, 0.1) is 6.10 Å². The van der Waals surface area contributed by atoms with Crippen molar-refractivity contribution in [3.05, 3.63) is 82.6 Å². The second-order valence-corrected chi connectivity index (χ2v) is 16.3. The van der Waals surface area contributed by atoms with Gasteiger partial charge in [-0.05, 0) is 97.2 Å². The zero-order chi connectivity index (χ0) is 41.9. The molecule has 1 saturated heterocycles. The molecular formula is C44H50ClN3O11. The molecule has 4 aliphatic rings. The van der Waals surface area contributed by atoms with Crippen LogP contribution in [0.5, 0.6) is 5.75 Å². The quantitative estimate of drug-likeness (QED) is 0.0959. The van der Waals surface area contributed by atoms with Crippen LogP contribution in [0.25, 0.3) is 11.1 Å². The number of esters is 4. The molecule has 59 heavy (non-hydrogen) atoms. The minimum Gasteiger partial charge on any atom is -0.490 e. The molecule has 2 heterocycles. The number of amides is 1. The first kappa shape index (κ1) is 42.1. The van der Waals surface area contributed by atoms with Crippen molar-refractivity contribution >= 4 is 41.4 Å². The lowest BCUT2D eigenvalue weighted by Crippen LogP contribution is -2.65. The van der Waals surface area contributed by atoms with Crippen molar-refractivity contribution in [3.63, 3.8) is 0 Å². The molecule has 3 aromatic rings. The van der Waals surface area contributed by atoms with Crippen LogP contribution in [-0.4, -0.2) is 78.1 Å². The Hall–Kier alpha value is -5.05. The number of nitrogens with one attached hydrogen (secondary N) is 2. The van der Waals surface area contributed by atoms with Crippen LogP contribution in [0.2, 0.25) is 5.02 Å². The van der Waals surface area contributed by atoms with E-state index in [0.717, 1.165) is 101 Å². The summed E-state index contributed by atoms with van der Waals surface area (Å²) in [6.07, 6.45) is 3.78. The molecule has 0 bridgehead atoms. The summed E-state index contributed by atoms with van der Waals surface area (Å²) < 4.78 is 33.4. The van der Waals surface area contributed by atoms with E-state index in [1.807, 2.05) is 36.7 Å². The van der Waals surface area contributed by atoms with Crippen LogP contribution in [0, 0.1) is 0 Å². The summed E-state index contributed by atoms with van der Waals surface area (Å²) in [5, 5.41) is 7.35. The Morgan fingerprint density at radius 3 is 2.15 bits per heavy atom. The number of halogens is 1. The molecule has 1 aliphatic heterocycles. The number of carbonyl (C=O) groups excluding carboxylic acids is 5. The fourth-order valence-corrected chi connectivity index (χ4v) is 8.14. The molecule has 2 aromatic carbocycles. The average Bonchev–Trinajstić information content (AvgIpc) is 4.07. The van der Waals surface area contributed by atoms with E-state index in [2.05, 4.69) is 39.9 Å². The molecule has 1 aromatic heterocycles. The van der Waals surface area contributed by atoms with Crippen molar-refractivity contribution in [3.8, 4) is 16.9 Å². The van der Waals surface area contributed by atoms with Gasteiger partial charge in [-0.25, -0.2) is 0 Å². The van der Waals surface area contributed by atoms with Crippen LogP contribution < -0.4 is 15.4 Å². The number of para-hydroxylation sites is 1. The van der Waals surface area contributed by atoms with Gasteiger partial charge in [0.2, 0.25) is 12.4 Å². The zero-order valence-electron chi connectivity index (χ0n) is 33.6. The topological polar surface area (TPSA) is 178 Å². The molecule has 5 unspecified atom stereocenters. The molecular weight excluding hydrogens is 782 g/mol. The number of nitrogens with zero attached hydrogens (tertiary/aromatic N) is 1. The molecule has 3 saturated carbocycles. The number of carbonyl (C=O) groups is 5. The lowest BCUT2D eigenvalue weighted by atomic mass is 9.89. The average molecular weight is 832 g/mol. The van der Waals surface area contributed by atoms with Crippen molar-refractivity contribution in [1.82, 2.24) is 15.6 Å². The lowest BCUT2D eigenvalue weighted by molar-refractivity contribution is -0.290. The maximum Gasteiger partial charge on any atom is 0.305 e. The Kier molecular flexibility index (Phi) is 12.6. The third kappa shape index (κ3) is 10.0. The normalized spacial score (nSPS) is 23.6. The van der Waals surface area contributed by atoms with Crippen molar-refractivity contribution in [2.45, 2.75) is 133 Å². The van der Waals surface area contributed by atoms with Gasteiger partial charge in [0, 0.05) is 69.3 Å². The third-order valence-corrected chi connectivity index (χ3v) is 11.7. The van der Waals surface area contributed by atoms with E-state index in [0.29, 0.717) is 18.0 Å². The van der Waals surface area contributed by atoms with Gasteiger partial charge in [-0.15, -0.1) is 0 Å². The van der Waals surface area contributed by atoms with Crippen LogP contribution in [0.3, 0.4) is 0 Å². The Balaban J connectivity index is 0.997. The smallest absolute Gasteiger partial charge is 0.305 e. The van der Waals surface area contributed by atoms with Gasteiger partial charge >= 0.3 is 23.9 Å². The van der Waals surface area contributed by atoms with Crippen LogP contribution in [0.1, 0.15) is 95.8 Å². The Morgan fingerprint density at radius 1 is 0.814 bits per heavy atom. The molecule has 3 aliphatic carbocycles. The second kappa shape index (κ2) is 17.7. The van der Waals surface area contributed by atoms with Gasteiger partial charge in [-0.2, -0.15) is 0 Å². The summed E-state index contributed by atoms with van der Waals surface area (Å²) in [5.41, 5.74) is 5.19. The fourth-order valence-electron chi connectivity index (χ4n) is 7.96. The molecule has 0 spiro atoms. The number of hydrogen-bond acceptors (Lipinski definition) is 13. The van der Waals surface area contributed by atoms with Crippen LogP contribution in [-0.2, 0) is 65.2 Å². The monoisotopic (exact) mass is 831 g/mol. The SMILES string of the molecule is CC(=O)OC1OC(C(=O)NCCCC2(c3ccc(Cl)c(CNC4(c5cnccc5-c5ccccc5OC5CC5)CC4)c3)CC2)C(OC(C)=O)C(OC(C)=O)C1OC(C)=O. The number of ether oxygens (including phenoxy) is 6. The first-order valence-corrected chi connectivity index (χ1v) is 20.5. The number of hydrogen-bond donors (Lipinski definition) is 2. The highest BCUT2D eigenvalue weighted by atomic mass is 35.5. The summed E-state index contributed by atoms with van der Waals surface area (Å²) in [6.45, 7) is 5.22. The maximum absolute atomic E-state index is 13.6. The van der Waals surface area contributed by atoms with Gasteiger partial charge in [0.25, 0.3) is 5.91 Å². The number of pyridine rings is 1. The zero-order valence-corrected chi connectivity index (χ0v) is 34.4. The largest absolute Gasteiger partial charge is 0.490 e. The summed E-state index contributed by atoms with van der Waals surface area (Å²) in [7, 11) is 0. The molecule has 7 rings (SSSR count). The fraction of sp³-hybridized carbons (Fsp3) is 0.500. The predicted molar refractivity (Wildman–Crippen MR) is 213 cm³/mol. The summed E-state index contributed by atoms with van der Waals surface area (Å²) in [4.78, 5) is 66.4. The highest BCUT2D eigenvalue weighted by molar-refractivity contribution is 6.31. The number of benzene rings is 2. The highest BCUT2D eigenvalue weighted by Gasteiger charge is 2.55. The molecule has 0 radical (unpaired) electrons. The van der Waals surface area contributed by atoms with Crippen molar-refractivity contribution in [2.24, 2.45) is 0 Å². The van der Waals surface area contributed by atoms with E-state index >= 15 is 0 Å². The van der Waals surface area contributed by atoms with E-state index in [4.69, 9.17) is 40.0 Å². The minimum atomic E-state index is -1.63. The summed E-state index contributed by atoms with van der Waals surface area (Å²) in [6, 6.07) is 16.5. The van der Waals surface area contributed by atoms with Crippen LogP contribution in [0.15, 0.2) is 60.9 Å². The van der Waals surface area contributed by atoms with E-state index in [9.17, 15) is 24.0 Å². The van der Waals surface area contributed by atoms with Gasteiger partial charge in [0.1, 0.15) is 5.75 Å². The standard InChI is InChI=1S/C44H50ClN3O11/c1-25(49)54-37-38(55-26(2)50)40(56-27(3)51)42(57-28(4)52)59-39(37)41(53)47-20-7-15-43(16-17-43)30-10-13-35(45)29(22-30)23-48-44(18-19-44)34-24-46-21-14-32(34)33-8-5-6-9-36(33)58-31-11-12-31/h5-6,8-10,13-14,21-22,24,31,37-40,42,48H,7,11-12,15-20,23H2,1-4H3,(H,47,53). The molecule has 15 heteroatoms. The Morgan fingerprint density at radius 2 is 1.49 bits per heavy atom. The first-order valence-electron chi connectivity index (χ1n) is 20.1. The van der Waals surface area contributed by atoms with Crippen molar-refractivity contribution in [1.29, 1.82) is 0 Å². The van der Waals surface area contributed by atoms with Crippen LogP contribution in [0.4, 0.5) is 0 Å². The molecule has 4 fully saturated rings. The number of rotatable bonds is 17. The molecule has 1 amide bonds. The molecule has 314 valence electrons. The van der Waals surface area contributed by atoms with E-state index in [1.54, 1.807) is 0 Å². The summed E-state index contributed by atoms with van der Waals surface area (Å²) >= 11 is 6.81. The van der Waals surface area contributed by atoms with Gasteiger partial charge < -0.3 is 39.1 Å². The number of aromatic nitrogens is 1. The van der Waals surface area contributed by atoms with E-state index < -0.39 is 60.5 Å². The molecule has 14 nitrogen and oxygen atoms in total. The van der Waals surface area contributed by atoms with Crippen LogP contribution >= 0.6 is 11.6 Å². The highest BCUT2D eigenvalue weighted by Crippen LogP contribution is 2.53. The lowest BCUT2D eigenvalue weighted by Gasteiger charge is -2.43. The second-order valence-electron chi connectivity index (χ2n) is 15.9. The van der Waals surface area contributed by atoms with Gasteiger partial charge in [-0.3, -0.25) is 29.0 Å².